The molecule has 2 heterocycles. The summed E-state index contributed by atoms with van der Waals surface area (Å²) in [6, 6.07) is 13.2. The lowest BCUT2D eigenvalue weighted by Gasteiger charge is -2.24. The second kappa shape index (κ2) is 8.16. The van der Waals surface area contributed by atoms with E-state index in [0.717, 1.165) is 29.7 Å². The van der Waals surface area contributed by atoms with Gasteiger partial charge >= 0.3 is 0 Å². The van der Waals surface area contributed by atoms with E-state index in [1.807, 2.05) is 24.3 Å². The minimum atomic E-state index is -0.176. The number of aromatic nitrogens is 1. The molecule has 28 heavy (non-hydrogen) atoms. The van der Waals surface area contributed by atoms with Crippen LogP contribution < -0.4 is 14.4 Å². The van der Waals surface area contributed by atoms with E-state index in [1.54, 1.807) is 30.2 Å². The molecule has 146 valence electrons. The number of para-hydroxylation sites is 2. The molecule has 0 bridgehead atoms. The summed E-state index contributed by atoms with van der Waals surface area (Å²) in [5.41, 5.74) is 1.32. The normalized spacial score (nSPS) is 16.3. The Balaban J connectivity index is 1.75. The molecule has 1 aliphatic heterocycles. The zero-order valence-corrected chi connectivity index (χ0v) is 16.7. The number of carbonyl (C=O) groups excluding carboxylic acids is 1. The van der Waals surface area contributed by atoms with Crippen molar-refractivity contribution in [2.45, 2.75) is 18.9 Å². The first kappa shape index (κ1) is 18.7. The number of benzene rings is 2. The number of anilines is 1. The van der Waals surface area contributed by atoms with Crippen molar-refractivity contribution >= 4 is 32.6 Å². The highest BCUT2D eigenvalue weighted by Gasteiger charge is 2.29. The average Bonchev–Trinajstić information content (AvgIpc) is 3.40. The van der Waals surface area contributed by atoms with Gasteiger partial charge in [-0.2, -0.15) is 0 Å². The average molecular weight is 398 g/mol. The molecule has 1 fully saturated rings. The van der Waals surface area contributed by atoms with E-state index in [4.69, 9.17) is 19.2 Å². The van der Waals surface area contributed by atoms with Gasteiger partial charge in [-0.25, -0.2) is 4.98 Å². The van der Waals surface area contributed by atoms with Crippen LogP contribution in [-0.2, 0) is 4.74 Å². The molecular formula is C21H22N2O4S. The molecule has 1 atom stereocenters. The molecule has 1 aliphatic rings. The minimum Gasteiger partial charge on any atom is -0.493 e. The Kier molecular flexibility index (Phi) is 5.45. The highest BCUT2D eigenvalue weighted by Crippen LogP contribution is 2.35. The van der Waals surface area contributed by atoms with Crippen molar-refractivity contribution in [3.63, 3.8) is 0 Å². The third-order valence-corrected chi connectivity index (χ3v) is 5.86. The maximum Gasteiger partial charge on any atom is 0.264 e. The quantitative estimate of drug-likeness (QED) is 0.625. The number of methoxy groups -OCH3 is 2. The van der Waals surface area contributed by atoms with Crippen LogP contribution in [0.3, 0.4) is 0 Å². The minimum absolute atomic E-state index is 0.00700. The lowest BCUT2D eigenvalue weighted by atomic mass is 10.1. The Hall–Kier alpha value is -2.64. The molecule has 0 saturated carbocycles. The standard InChI is InChI=1S/C21H22N2O4S/c1-25-17-10-5-8-15(19(17)26-2)20(24)23(13-14-7-6-12-27-14)21-22-16-9-3-4-11-18(16)28-21/h3-5,8-11,14H,6-7,12-13H2,1-2H3. The zero-order valence-electron chi connectivity index (χ0n) is 15.9. The molecule has 4 rings (SSSR count). The molecule has 1 aromatic heterocycles. The van der Waals surface area contributed by atoms with Crippen LogP contribution in [0.15, 0.2) is 42.5 Å². The summed E-state index contributed by atoms with van der Waals surface area (Å²) in [5, 5.41) is 0.659. The number of carbonyl (C=O) groups is 1. The Labute approximate surface area is 167 Å². The predicted molar refractivity (Wildman–Crippen MR) is 110 cm³/mol. The first-order valence-electron chi connectivity index (χ1n) is 9.21. The third-order valence-electron chi connectivity index (χ3n) is 4.80. The zero-order chi connectivity index (χ0) is 19.5. The molecule has 2 aromatic carbocycles. The SMILES string of the molecule is COc1cccc(C(=O)N(CC2CCCO2)c2nc3ccccc3s2)c1OC. The predicted octanol–water partition coefficient (Wildman–Crippen LogP) is 4.14. The van der Waals surface area contributed by atoms with Gasteiger partial charge < -0.3 is 14.2 Å². The molecule has 0 radical (unpaired) electrons. The molecular weight excluding hydrogens is 376 g/mol. The van der Waals surface area contributed by atoms with Crippen LogP contribution >= 0.6 is 11.3 Å². The highest BCUT2D eigenvalue weighted by atomic mass is 32.1. The summed E-state index contributed by atoms with van der Waals surface area (Å²) in [6.45, 7) is 1.19. The monoisotopic (exact) mass is 398 g/mol. The Morgan fingerprint density at radius 1 is 1.21 bits per heavy atom. The van der Waals surface area contributed by atoms with Crippen molar-refractivity contribution in [2.75, 3.05) is 32.3 Å². The molecule has 6 nitrogen and oxygen atoms in total. The summed E-state index contributed by atoms with van der Waals surface area (Å²) in [6.07, 6.45) is 1.95. The number of amides is 1. The number of hydrogen-bond acceptors (Lipinski definition) is 6. The van der Waals surface area contributed by atoms with Gasteiger partial charge in [0.25, 0.3) is 5.91 Å². The summed E-state index contributed by atoms with van der Waals surface area (Å²) in [7, 11) is 3.10. The van der Waals surface area contributed by atoms with Gasteiger partial charge in [-0.1, -0.05) is 29.5 Å². The highest BCUT2D eigenvalue weighted by molar-refractivity contribution is 7.22. The van der Waals surface area contributed by atoms with Gasteiger partial charge in [0.1, 0.15) is 0 Å². The Bertz CT molecular complexity index is 948. The third kappa shape index (κ3) is 3.55. The van der Waals surface area contributed by atoms with Gasteiger partial charge in [-0.05, 0) is 37.1 Å². The number of hydrogen-bond donors (Lipinski definition) is 0. The van der Waals surface area contributed by atoms with Gasteiger partial charge in [-0.3, -0.25) is 9.69 Å². The number of thiazole rings is 1. The molecule has 3 aromatic rings. The summed E-state index contributed by atoms with van der Waals surface area (Å²) in [5.74, 6) is 0.772. The molecule has 1 unspecified atom stereocenters. The lowest BCUT2D eigenvalue weighted by molar-refractivity contribution is 0.0914. The van der Waals surface area contributed by atoms with Gasteiger partial charge in [0.15, 0.2) is 16.6 Å². The molecule has 1 saturated heterocycles. The fraction of sp³-hybridized carbons (Fsp3) is 0.333. The first-order valence-corrected chi connectivity index (χ1v) is 10.0. The fourth-order valence-electron chi connectivity index (χ4n) is 3.42. The molecule has 7 heteroatoms. The van der Waals surface area contributed by atoms with Crippen molar-refractivity contribution < 1.29 is 19.0 Å². The van der Waals surface area contributed by atoms with Crippen molar-refractivity contribution in [1.29, 1.82) is 0 Å². The van der Waals surface area contributed by atoms with E-state index in [1.165, 1.54) is 18.4 Å². The first-order chi connectivity index (χ1) is 13.7. The van der Waals surface area contributed by atoms with Crippen molar-refractivity contribution in [3.8, 4) is 11.5 Å². The summed E-state index contributed by atoms with van der Waals surface area (Å²) >= 11 is 1.50. The smallest absolute Gasteiger partial charge is 0.264 e. The van der Waals surface area contributed by atoms with Crippen LogP contribution in [0.1, 0.15) is 23.2 Å². The van der Waals surface area contributed by atoms with Crippen LogP contribution in [-0.4, -0.2) is 44.4 Å². The molecule has 0 aliphatic carbocycles. The second-order valence-corrected chi connectivity index (χ2v) is 7.57. The van der Waals surface area contributed by atoms with Gasteiger partial charge in [-0.15, -0.1) is 0 Å². The number of ether oxygens (including phenoxy) is 3. The number of fused-ring (bicyclic) bond motifs is 1. The van der Waals surface area contributed by atoms with Crippen LogP contribution in [0.2, 0.25) is 0 Å². The van der Waals surface area contributed by atoms with Crippen LogP contribution in [0, 0.1) is 0 Å². The van der Waals surface area contributed by atoms with E-state index in [-0.39, 0.29) is 12.0 Å². The van der Waals surface area contributed by atoms with Gasteiger partial charge in [0.2, 0.25) is 0 Å². The Morgan fingerprint density at radius 3 is 2.79 bits per heavy atom. The topological polar surface area (TPSA) is 60.9 Å². The van der Waals surface area contributed by atoms with E-state index in [2.05, 4.69) is 0 Å². The van der Waals surface area contributed by atoms with E-state index >= 15 is 0 Å². The number of nitrogens with zero attached hydrogens (tertiary/aromatic N) is 2. The van der Waals surface area contributed by atoms with Crippen LogP contribution in [0.25, 0.3) is 10.2 Å². The van der Waals surface area contributed by atoms with Gasteiger partial charge in [0, 0.05) is 6.61 Å². The lowest BCUT2D eigenvalue weighted by Crippen LogP contribution is -2.37. The van der Waals surface area contributed by atoms with E-state index in [0.29, 0.717) is 28.7 Å². The number of rotatable bonds is 6. The summed E-state index contributed by atoms with van der Waals surface area (Å²) in [4.78, 5) is 20.0. The fourth-order valence-corrected chi connectivity index (χ4v) is 4.39. The van der Waals surface area contributed by atoms with Crippen LogP contribution in [0.5, 0.6) is 11.5 Å². The Morgan fingerprint density at radius 2 is 2.07 bits per heavy atom. The maximum atomic E-state index is 13.6. The van der Waals surface area contributed by atoms with Crippen molar-refractivity contribution in [1.82, 2.24) is 4.98 Å². The van der Waals surface area contributed by atoms with Gasteiger partial charge in [0.05, 0.1) is 42.6 Å². The van der Waals surface area contributed by atoms with E-state index in [9.17, 15) is 4.79 Å². The molecule has 0 N–H and O–H groups in total. The summed E-state index contributed by atoms with van der Waals surface area (Å²) < 4.78 is 17.7. The van der Waals surface area contributed by atoms with Crippen LogP contribution in [0.4, 0.5) is 5.13 Å². The van der Waals surface area contributed by atoms with Crippen molar-refractivity contribution in [2.24, 2.45) is 0 Å². The maximum absolute atomic E-state index is 13.6. The second-order valence-electron chi connectivity index (χ2n) is 6.56. The molecule has 0 spiro atoms. The van der Waals surface area contributed by atoms with E-state index < -0.39 is 0 Å². The molecule has 1 amide bonds. The largest absolute Gasteiger partial charge is 0.493 e. The van der Waals surface area contributed by atoms with Crippen molar-refractivity contribution in [3.05, 3.63) is 48.0 Å².